The molecule has 1 amide bonds. The molecule has 1 aromatic heterocycles. The zero-order chi connectivity index (χ0) is 23.3. The van der Waals surface area contributed by atoms with E-state index in [-0.39, 0.29) is 10.6 Å². The summed E-state index contributed by atoms with van der Waals surface area (Å²) in [5.74, 6) is -0.804. The Morgan fingerprint density at radius 1 is 1.03 bits per heavy atom. The number of anilines is 1. The predicted molar refractivity (Wildman–Crippen MR) is 123 cm³/mol. The van der Waals surface area contributed by atoms with Gasteiger partial charge in [-0.25, -0.2) is 13.2 Å². The standard InChI is InChI=1S/C23H22N4O5S/c28-22(16-32-23(29)17-6-3-8-19(14-17)27-12-1-2-13-27)25-18-7-4-9-20(15-18)33(30,31)26-21-10-5-11-24-21/h1-4,6-9,12-15H,5,10-11,16H2,(H,24,26)(H,25,28). The molecule has 0 saturated carbocycles. The molecule has 0 aliphatic carbocycles. The lowest BCUT2D eigenvalue weighted by molar-refractivity contribution is -0.119. The quantitative estimate of drug-likeness (QED) is 0.519. The number of esters is 1. The zero-order valence-corrected chi connectivity index (χ0v) is 18.4. The highest BCUT2D eigenvalue weighted by atomic mass is 32.2. The van der Waals surface area contributed by atoms with Crippen LogP contribution in [0.5, 0.6) is 0 Å². The molecule has 1 aliphatic heterocycles. The van der Waals surface area contributed by atoms with Gasteiger partial charge < -0.3 is 14.6 Å². The zero-order valence-electron chi connectivity index (χ0n) is 17.6. The van der Waals surface area contributed by atoms with E-state index in [4.69, 9.17) is 4.74 Å². The minimum Gasteiger partial charge on any atom is -0.452 e. The number of aromatic nitrogens is 1. The van der Waals surface area contributed by atoms with Gasteiger partial charge in [0, 0.05) is 36.7 Å². The van der Waals surface area contributed by atoms with E-state index < -0.39 is 28.5 Å². The van der Waals surface area contributed by atoms with Gasteiger partial charge in [0.1, 0.15) is 5.84 Å². The molecule has 0 spiro atoms. The van der Waals surface area contributed by atoms with E-state index in [9.17, 15) is 18.0 Å². The lowest BCUT2D eigenvalue weighted by atomic mass is 10.2. The maximum atomic E-state index is 12.5. The topological polar surface area (TPSA) is 119 Å². The second kappa shape index (κ2) is 9.70. The molecule has 0 radical (unpaired) electrons. The Bertz CT molecular complexity index is 1300. The third-order valence-electron chi connectivity index (χ3n) is 4.87. The van der Waals surface area contributed by atoms with Crippen LogP contribution >= 0.6 is 0 Å². The van der Waals surface area contributed by atoms with E-state index in [2.05, 4.69) is 15.0 Å². The van der Waals surface area contributed by atoms with Crippen molar-refractivity contribution >= 4 is 33.4 Å². The van der Waals surface area contributed by atoms with Crippen molar-refractivity contribution in [3.8, 4) is 5.69 Å². The number of hydrogen-bond donors (Lipinski definition) is 2. The highest BCUT2D eigenvalue weighted by molar-refractivity contribution is 7.90. The van der Waals surface area contributed by atoms with Gasteiger partial charge in [0.15, 0.2) is 6.61 Å². The smallest absolute Gasteiger partial charge is 0.338 e. The molecule has 0 saturated heterocycles. The number of hydrogen-bond acceptors (Lipinski definition) is 6. The Hall–Kier alpha value is -3.92. The fourth-order valence-corrected chi connectivity index (χ4v) is 4.42. The number of benzene rings is 2. The largest absolute Gasteiger partial charge is 0.452 e. The van der Waals surface area contributed by atoms with Crippen molar-refractivity contribution in [2.75, 3.05) is 18.5 Å². The van der Waals surface area contributed by atoms with Crippen molar-refractivity contribution in [2.45, 2.75) is 17.7 Å². The van der Waals surface area contributed by atoms with Crippen LogP contribution in [-0.2, 0) is 19.6 Å². The summed E-state index contributed by atoms with van der Waals surface area (Å²) in [7, 11) is -3.81. The van der Waals surface area contributed by atoms with Gasteiger partial charge in [0.25, 0.3) is 15.9 Å². The van der Waals surface area contributed by atoms with Gasteiger partial charge in [-0.2, -0.15) is 0 Å². The molecular weight excluding hydrogens is 444 g/mol. The summed E-state index contributed by atoms with van der Waals surface area (Å²) < 4.78 is 34.5. The average molecular weight is 467 g/mol. The minimum absolute atomic E-state index is 0.00581. The predicted octanol–water partition coefficient (Wildman–Crippen LogP) is 2.74. The molecule has 170 valence electrons. The summed E-state index contributed by atoms with van der Waals surface area (Å²) in [6, 6.07) is 16.4. The van der Waals surface area contributed by atoms with Gasteiger partial charge in [-0.05, 0) is 55.0 Å². The molecule has 2 heterocycles. The van der Waals surface area contributed by atoms with Crippen LogP contribution in [0.2, 0.25) is 0 Å². The fraction of sp³-hybridized carbons (Fsp3) is 0.174. The number of carbonyl (C=O) groups excluding carboxylic acids is 2. The van der Waals surface area contributed by atoms with Crippen LogP contribution in [0.1, 0.15) is 23.2 Å². The molecule has 10 heteroatoms. The summed E-state index contributed by atoms with van der Waals surface area (Å²) in [4.78, 5) is 28.7. The van der Waals surface area contributed by atoms with Crippen LogP contribution in [0.15, 0.2) is 82.9 Å². The van der Waals surface area contributed by atoms with E-state index >= 15 is 0 Å². The Kier molecular flexibility index (Phi) is 6.55. The molecule has 2 N–H and O–H groups in total. The maximum Gasteiger partial charge on any atom is 0.338 e. The summed E-state index contributed by atoms with van der Waals surface area (Å²) >= 11 is 0. The molecule has 0 atom stereocenters. The second-order valence-electron chi connectivity index (χ2n) is 7.33. The van der Waals surface area contributed by atoms with E-state index in [1.54, 1.807) is 24.3 Å². The number of rotatable bonds is 7. The van der Waals surface area contributed by atoms with Crippen LogP contribution in [0, 0.1) is 0 Å². The normalized spacial score (nSPS) is 13.3. The molecule has 3 aromatic rings. The van der Waals surface area contributed by atoms with E-state index in [1.807, 2.05) is 35.2 Å². The number of ether oxygens (including phenoxy) is 1. The first-order valence-electron chi connectivity index (χ1n) is 10.3. The van der Waals surface area contributed by atoms with Crippen LogP contribution < -0.4 is 10.0 Å². The van der Waals surface area contributed by atoms with Gasteiger partial charge in [-0.3, -0.25) is 14.5 Å². The van der Waals surface area contributed by atoms with Gasteiger partial charge >= 0.3 is 5.97 Å². The summed E-state index contributed by atoms with van der Waals surface area (Å²) in [6.07, 6.45) is 5.09. The summed E-state index contributed by atoms with van der Waals surface area (Å²) in [6.45, 7) is 0.0852. The molecule has 4 rings (SSSR count). The van der Waals surface area contributed by atoms with Gasteiger partial charge in [-0.1, -0.05) is 12.1 Å². The van der Waals surface area contributed by atoms with E-state index in [0.29, 0.717) is 24.4 Å². The first-order chi connectivity index (χ1) is 15.9. The molecule has 9 nitrogen and oxygen atoms in total. The van der Waals surface area contributed by atoms with Crippen LogP contribution in [0.3, 0.4) is 0 Å². The Morgan fingerprint density at radius 2 is 1.82 bits per heavy atom. The highest BCUT2D eigenvalue weighted by Gasteiger charge is 2.19. The summed E-state index contributed by atoms with van der Waals surface area (Å²) in [5.41, 5.74) is 1.36. The molecule has 1 aliphatic rings. The van der Waals surface area contributed by atoms with E-state index in [0.717, 1.165) is 12.1 Å². The number of amides is 1. The lowest BCUT2D eigenvalue weighted by Crippen LogP contribution is -2.29. The van der Waals surface area contributed by atoms with Gasteiger partial charge in [-0.15, -0.1) is 0 Å². The summed E-state index contributed by atoms with van der Waals surface area (Å²) in [5, 5.41) is 2.55. The Labute approximate surface area is 191 Å². The minimum atomic E-state index is -3.81. The fourth-order valence-electron chi connectivity index (χ4n) is 3.29. The first kappa shape index (κ1) is 22.3. The lowest BCUT2D eigenvalue weighted by Gasteiger charge is -2.10. The molecule has 0 fully saturated rings. The molecule has 33 heavy (non-hydrogen) atoms. The van der Waals surface area contributed by atoms with Crippen molar-refractivity contribution in [2.24, 2.45) is 4.99 Å². The Morgan fingerprint density at radius 3 is 2.58 bits per heavy atom. The monoisotopic (exact) mass is 466 g/mol. The molecular formula is C23H22N4O5S. The van der Waals surface area contributed by atoms with Crippen LogP contribution in [-0.4, -0.2) is 43.8 Å². The average Bonchev–Trinajstić information content (AvgIpc) is 3.52. The van der Waals surface area contributed by atoms with Gasteiger partial charge in [0.2, 0.25) is 0 Å². The van der Waals surface area contributed by atoms with Gasteiger partial charge in [0.05, 0.1) is 10.5 Å². The van der Waals surface area contributed by atoms with Crippen molar-refractivity contribution < 1.29 is 22.7 Å². The first-order valence-corrected chi connectivity index (χ1v) is 11.8. The third kappa shape index (κ3) is 5.66. The highest BCUT2D eigenvalue weighted by Crippen LogP contribution is 2.17. The van der Waals surface area contributed by atoms with Crippen molar-refractivity contribution in [3.05, 3.63) is 78.6 Å². The SMILES string of the molecule is O=C(COC(=O)c1cccc(-n2cccc2)c1)Nc1cccc(S(=O)(=O)NC2=NCCC2)c1. The number of aliphatic imine (C=N–C) groups is 1. The third-order valence-corrected chi connectivity index (χ3v) is 6.25. The van der Waals surface area contributed by atoms with Crippen molar-refractivity contribution in [1.82, 2.24) is 9.29 Å². The molecule has 0 bridgehead atoms. The molecule has 2 aromatic carbocycles. The number of sulfonamides is 1. The maximum absolute atomic E-state index is 12.5. The Balaban J connectivity index is 1.35. The second-order valence-corrected chi connectivity index (χ2v) is 9.01. The number of nitrogens with one attached hydrogen (secondary N) is 2. The van der Waals surface area contributed by atoms with Crippen LogP contribution in [0.4, 0.5) is 5.69 Å². The number of amidine groups is 1. The molecule has 0 unspecified atom stereocenters. The van der Waals surface area contributed by atoms with E-state index in [1.165, 1.54) is 18.2 Å². The number of carbonyl (C=O) groups is 2. The van der Waals surface area contributed by atoms with Crippen LogP contribution in [0.25, 0.3) is 5.69 Å². The number of nitrogens with zero attached hydrogens (tertiary/aromatic N) is 2. The van der Waals surface area contributed by atoms with Crippen molar-refractivity contribution in [3.63, 3.8) is 0 Å². The van der Waals surface area contributed by atoms with Crippen molar-refractivity contribution in [1.29, 1.82) is 0 Å².